The van der Waals surface area contributed by atoms with Crippen molar-refractivity contribution < 1.29 is 9.13 Å². The molecular weight excluding hydrogens is 395 g/mol. The molecule has 1 N–H and O–H groups in total. The molecule has 1 aliphatic rings. The Morgan fingerprint density at radius 2 is 1.77 bits per heavy atom. The van der Waals surface area contributed by atoms with E-state index in [1.54, 1.807) is 24.7 Å². The summed E-state index contributed by atoms with van der Waals surface area (Å²) in [6.07, 6.45) is 5.40. The van der Waals surface area contributed by atoms with Crippen molar-refractivity contribution in [2.75, 3.05) is 31.2 Å². The summed E-state index contributed by atoms with van der Waals surface area (Å²) in [7, 11) is 0. The van der Waals surface area contributed by atoms with E-state index in [2.05, 4.69) is 24.3 Å². The summed E-state index contributed by atoms with van der Waals surface area (Å²) in [5.74, 6) is 0.545. The standard InChI is InChI=1S/C23H19FN6O/c24-17-4-1-15(2-5-17)20-21(16-3-6-18-19(13-16)27-14-26-18)30-8-7-25-22(23(30)28-20)29-9-11-31-12-10-29/h1-8,13-14H,9-12H2,(H,26,27). The van der Waals surface area contributed by atoms with Crippen LogP contribution in [0.4, 0.5) is 10.2 Å². The van der Waals surface area contributed by atoms with E-state index in [0.717, 1.165) is 58.1 Å². The molecule has 0 bridgehead atoms. The zero-order valence-corrected chi connectivity index (χ0v) is 16.6. The van der Waals surface area contributed by atoms with Gasteiger partial charge in [-0.25, -0.2) is 19.3 Å². The fourth-order valence-corrected chi connectivity index (χ4v) is 4.13. The lowest BCUT2D eigenvalue weighted by Gasteiger charge is -2.27. The Kier molecular flexibility index (Phi) is 4.17. The Labute approximate surface area is 177 Å². The normalized spacial score (nSPS) is 14.5. The average molecular weight is 414 g/mol. The van der Waals surface area contributed by atoms with Gasteiger partial charge in [-0.2, -0.15) is 0 Å². The second kappa shape index (κ2) is 7.17. The molecule has 1 aliphatic heterocycles. The molecule has 0 spiro atoms. The van der Waals surface area contributed by atoms with Gasteiger partial charge in [0.2, 0.25) is 0 Å². The number of hydrogen-bond donors (Lipinski definition) is 1. The van der Waals surface area contributed by atoms with Crippen molar-refractivity contribution in [1.82, 2.24) is 24.3 Å². The molecule has 0 unspecified atom stereocenters. The summed E-state index contributed by atoms with van der Waals surface area (Å²) in [6, 6.07) is 12.5. The van der Waals surface area contributed by atoms with Crippen LogP contribution >= 0.6 is 0 Å². The fourth-order valence-electron chi connectivity index (χ4n) is 4.13. The molecule has 6 rings (SSSR count). The lowest BCUT2D eigenvalue weighted by atomic mass is 10.0. The van der Waals surface area contributed by atoms with Crippen molar-refractivity contribution in [1.29, 1.82) is 0 Å². The van der Waals surface area contributed by atoms with E-state index < -0.39 is 0 Å². The maximum absolute atomic E-state index is 13.6. The highest BCUT2D eigenvalue weighted by atomic mass is 19.1. The molecule has 5 aromatic rings. The first-order valence-electron chi connectivity index (χ1n) is 10.2. The quantitative estimate of drug-likeness (QED) is 0.485. The molecule has 0 atom stereocenters. The number of halogens is 1. The van der Waals surface area contributed by atoms with E-state index in [0.29, 0.717) is 13.2 Å². The lowest BCUT2D eigenvalue weighted by molar-refractivity contribution is 0.122. The smallest absolute Gasteiger partial charge is 0.181 e. The highest BCUT2D eigenvalue weighted by Crippen LogP contribution is 2.36. The van der Waals surface area contributed by atoms with Crippen LogP contribution in [0.25, 0.3) is 39.2 Å². The Balaban J connectivity index is 1.62. The molecular formula is C23H19FN6O. The zero-order chi connectivity index (χ0) is 20.8. The zero-order valence-electron chi connectivity index (χ0n) is 16.6. The highest BCUT2D eigenvalue weighted by Gasteiger charge is 2.22. The summed E-state index contributed by atoms with van der Waals surface area (Å²) < 4.78 is 21.2. The third kappa shape index (κ3) is 3.03. The number of aromatic nitrogens is 5. The average Bonchev–Trinajstić information content (AvgIpc) is 3.44. The van der Waals surface area contributed by atoms with Crippen molar-refractivity contribution in [3.05, 3.63) is 67.0 Å². The Hall–Kier alpha value is -3.78. The number of nitrogens with one attached hydrogen (secondary N) is 1. The molecule has 154 valence electrons. The van der Waals surface area contributed by atoms with Crippen LogP contribution in [0.5, 0.6) is 0 Å². The summed E-state index contributed by atoms with van der Waals surface area (Å²) in [4.78, 5) is 19.4. The van der Waals surface area contributed by atoms with Crippen LogP contribution in [-0.4, -0.2) is 50.6 Å². The lowest BCUT2D eigenvalue weighted by Crippen LogP contribution is -2.37. The number of imidazole rings is 2. The Morgan fingerprint density at radius 1 is 0.968 bits per heavy atom. The van der Waals surface area contributed by atoms with Gasteiger partial charge in [0.25, 0.3) is 0 Å². The van der Waals surface area contributed by atoms with E-state index in [9.17, 15) is 4.39 Å². The molecule has 2 aromatic carbocycles. The maximum Gasteiger partial charge on any atom is 0.181 e. The number of aromatic amines is 1. The number of rotatable bonds is 3. The van der Waals surface area contributed by atoms with Gasteiger partial charge in [-0.1, -0.05) is 6.07 Å². The van der Waals surface area contributed by atoms with Crippen LogP contribution in [0.15, 0.2) is 61.2 Å². The van der Waals surface area contributed by atoms with Crippen molar-refractivity contribution in [2.45, 2.75) is 0 Å². The molecule has 8 heteroatoms. The summed E-state index contributed by atoms with van der Waals surface area (Å²) in [5.41, 5.74) is 6.12. The van der Waals surface area contributed by atoms with Crippen LogP contribution < -0.4 is 4.90 Å². The van der Waals surface area contributed by atoms with Gasteiger partial charge in [0.05, 0.1) is 42.0 Å². The fraction of sp³-hybridized carbons (Fsp3) is 0.174. The van der Waals surface area contributed by atoms with Crippen molar-refractivity contribution in [2.24, 2.45) is 0 Å². The second-order valence-electron chi connectivity index (χ2n) is 7.49. The van der Waals surface area contributed by atoms with Gasteiger partial charge in [-0.3, -0.25) is 4.40 Å². The topological polar surface area (TPSA) is 71.3 Å². The number of hydrogen-bond acceptors (Lipinski definition) is 5. The molecule has 0 amide bonds. The largest absolute Gasteiger partial charge is 0.378 e. The number of ether oxygens (including phenoxy) is 1. The number of fused-ring (bicyclic) bond motifs is 2. The summed E-state index contributed by atoms with van der Waals surface area (Å²) in [6.45, 7) is 2.86. The molecule has 0 saturated carbocycles. The monoisotopic (exact) mass is 414 g/mol. The molecule has 31 heavy (non-hydrogen) atoms. The first-order valence-corrected chi connectivity index (χ1v) is 10.2. The van der Waals surface area contributed by atoms with Gasteiger partial charge < -0.3 is 14.6 Å². The molecule has 0 radical (unpaired) electrons. The third-order valence-electron chi connectivity index (χ3n) is 5.65. The minimum Gasteiger partial charge on any atom is -0.378 e. The Bertz CT molecular complexity index is 1380. The molecule has 7 nitrogen and oxygen atoms in total. The maximum atomic E-state index is 13.6. The highest BCUT2D eigenvalue weighted by molar-refractivity contribution is 5.88. The van der Waals surface area contributed by atoms with E-state index in [1.165, 1.54) is 12.1 Å². The van der Waals surface area contributed by atoms with E-state index in [-0.39, 0.29) is 5.82 Å². The molecule has 1 saturated heterocycles. The molecule has 0 aliphatic carbocycles. The van der Waals surface area contributed by atoms with E-state index >= 15 is 0 Å². The number of H-pyrrole nitrogens is 1. The van der Waals surface area contributed by atoms with Gasteiger partial charge in [-0.15, -0.1) is 0 Å². The minimum atomic E-state index is -0.275. The minimum absolute atomic E-state index is 0.275. The third-order valence-corrected chi connectivity index (χ3v) is 5.65. The summed E-state index contributed by atoms with van der Waals surface area (Å²) >= 11 is 0. The predicted molar refractivity (Wildman–Crippen MR) is 117 cm³/mol. The van der Waals surface area contributed by atoms with E-state index in [1.807, 2.05) is 24.4 Å². The molecule has 4 heterocycles. The number of anilines is 1. The first kappa shape index (κ1) is 18.0. The SMILES string of the molecule is Fc1ccc(-c2nc3c(N4CCOCC4)nccn3c2-c2ccc3[nH]cnc3c2)cc1. The first-order chi connectivity index (χ1) is 15.3. The second-order valence-corrected chi connectivity index (χ2v) is 7.49. The van der Waals surface area contributed by atoms with E-state index in [4.69, 9.17) is 9.72 Å². The van der Waals surface area contributed by atoms with Gasteiger partial charge in [-0.05, 0) is 36.4 Å². The van der Waals surface area contributed by atoms with Crippen molar-refractivity contribution in [3.63, 3.8) is 0 Å². The predicted octanol–water partition coefficient (Wildman–Crippen LogP) is 3.92. The molecule has 3 aromatic heterocycles. The van der Waals surface area contributed by atoms with Crippen LogP contribution in [0.3, 0.4) is 0 Å². The number of morpholine rings is 1. The van der Waals surface area contributed by atoms with Crippen molar-refractivity contribution in [3.8, 4) is 22.5 Å². The van der Waals surface area contributed by atoms with Crippen LogP contribution in [0.1, 0.15) is 0 Å². The van der Waals surface area contributed by atoms with Gasteiger partial charge in [0, 0.05) is 36.6 Å². The van der Waals surface area contributed by atoms with Gasteiger partial charge in [0.15, 0.2) is 11.5 Å². The number of nitrogens with zero attached hydrogens (tertiary/aromatic N) is 5. The van der Waals surface area contributed by atoms with Gasteiger partial charge >= 0.3 is 0 Å². The summed E-state index contributed by atoms with van der Waals surface area (Å²) in [5, 5.41) is 0. The molecule has 1 fully saturated rings. The number of benzene rings is 2. The Morgan fingerprint density at radius 3 is 2.61 bits per heavy atom. The van der Waals surface area contributed by atoms with Gasteiger partial charge in [0.1, 0.15) is 5.82 Å². The van der Waals surface area contributed by atoms with Crippen LogP contribution in [0, 0.1) is 5.82 Å². The van der Waals surface area contributed by atoms with Crippen LogP contribution in [0.2, 0.25) is 0 Å². The van der Waals surface area contributed by atoms with Crippen LogP contribution in [-0.2, 0) is 4.74 Å². The van der Waals surface area contributed by atoms with Crippen molar-refractivity contribution >= 4 is 22.5 Å².